The zero-order chi connectivity index (χ0) is 6.97. The van der Waals surface area contributed by atoms with Crippen molar-refractivity contribution < 1.29 is 5.11 Å². The summed E-state index contributed by atoms with van der Waals surface area (Å²) in [4.78, 5) is 0. The Morgan fingerprint density at radius 2 is 2.09 bits per heavy atom. The van der Waals surface area contributed by atoms with E-state index in [9.17, 15) is 0 Å². The van der Waals surface area contributed by atoms with Gasteiger partial charge in [0.15, 0.2) is 0 Å². The van der Waals surface area contributed by atoms with E-state index in [4.69, 9.17) is 5.11 Å². The van der Waals surface area contributed by atoms with Crippen molar-refractivity contribution in [3.8, 4) is 0 Å². The molecule has 2 nitrogen and oxygen atoms in total. The van der Waals surface area contributed by atoms with Gasteiger partial charge in [0.25, 0.3) is 0 Å². The molecule has 11 heavy (non-hydrogen) atoms. The largest absolute Gasteiger partial charge is 0.373 e. The Labute approximate surface area is 71.7 Å². The minimum Gasteiger partial charge on any atom is -0.373 e. The summed E-state index contributed by atoms with van der Waals surface area (Å²) >= 11 is 0. The highest BCUT2D eigenvalue weighted by Gasteiger charge is 2.15. The topological polar surface area (TPSA) is 32.3 Å². The van der Waals surface area contributed by atoms with Gasteiger partial charge in [-0.15, -0.1) is 12.4 Å². The molecule has 0 aromatic heterocycles. The summed E-state index contributed by atoms with van der Waals surface area (Å²) < 4.78 is 0. The SMILES string of the molecule is Cl.OC1Cc2ccccc2N1. The fourth-order valence-corrected chi connectivity index (χ4v) is 1.28. The van der Waals surface area contributed by atoms with E-state index in [0.29, 0.717) is 0 Å². The molecule has 1 aliphatic rings. The van der Waals surface area contributed by atoms with Crippen LogP contribution in [0.15, 0.2) is 24.3 Å². The van der Waals surface area contributed by atoms with Gasteiger partial charge in [0.1, 0.15) is 6.23 Å². The maximum atomic E-state index is 9.14. The van der Waals surface area contributed by atoms with Crippen LogP contribution < -0.4 is 5.32 Å². The highest BCUT2D eigenvalue weighted by Crippen LogP contribution is 2.23. The number of halogens is 1. The number of benzene rings is 1. The van der Waals surface area contributed by atoms with Crippen molar-refractivity contribution in [3.63, 3.8) is 0 Å². The second-order valence-corrected chi connectivity index (χ2v) is 2.52. The predicted molar refractivity (Wildman–Crippen MR) is 47.0 cm³/mol. The molecular weight excluding hydrogens is 162 g/mol. The van der Waals surface area contributed by atoms with E-state index in [2.05, 4.69) is 5.32 Å². The molecule has 0 fully saturated rings. The molecular formula is C8H10ClNO. The van der Waals surface area contributed by atoms with Crippen molar-refractivity contribution in [1.82, 2.24) is 0 Å². The fraction of sp³-hybridized carbons (Fsp3) is 0.250. The third kappa shape index (κ3) is 1.47. The number of aliphatic hydroxyl groups is 1. The molecule has 1 aromatic carbocycles. The number of hydrogen-bond donors (Lipinski definition) is 2. The highest BCUT2D eigenvalue weighted by molar-refractivity contribution is 5.85. The number of rotatable bonds is 0. The molecule has 2 N–H and O–H groups in total. The third-order valence-corrected chi connectivity index (χ3v) is 1.75. The van der Waals surface area contributed by atoms with Gasteiger partial charge in [0.2, 0.25) is 0 Å². The highest BCUT2D eigenvalue weighted by atomic mass is 35.5. The average molecular weight is 172 g/mol. The number of fused-ring (bicyclic) bond motifs is 1. The standard InChI is InChI=1S/C8H9NO.ClH/c10-8-5-6-3-1-2-4-7(6)9-8;/h1-4,8-10H,5H2;1H. The third-order valence-electron chi connectivity index (χ3n) is 1.75. The van der Waals surface area contributed by atoms with Gasteiger partial charge in [-0.3, -0.25) is 0 Å². The zero-order valence-electron chi connectivity index (χ0n) is 5.95. The fourth-order valence-electron chi connectivity index (χ4n) is 1.28. The van der Waals surface area contributed by atoms with Gasteiger partial charge >= 0.3 is 0 Å². The van der Waals surface area contributed by atoms with Crippen molar-refractivity contribution in [2.75, 3.05) is 5.32 Å². The molecule has 0 saturated heterocycles. The van der Waals surface area contributed by atoms with Gasteiger partial charge in [0.05, 0.1) is 0 Å². The maximum Gasteiger partial charge on any atom is 0.128 e. The second kappa shape index (κ2) is 3.11. The van der Waals surface area contributed by atoms with Gasteiger partial charge in [-0.05, 0) is 11.6 Å². The van der Waals surface area contributed by atoms with Gasteiger partial charge in [-0.1, -0.05) is 18.2 Å². The second-order valence-electron chi connectivity index (χ2n) is 2.52. The predicted octanol–water partition coefficient (Wildman–Crippen LogP) is 1.39. The van der Waals surface area contributed by atoms with Crippen molar-refractivity contribution in [3.05, 3.63) is 29.8 Å². The minimum absolute atomic E-state index is 0. The van der Waals surface area contributed by atoms with Crippen LogP contribution in [0.1, 0.15) is 5.56 Å². The summed E-state index contributed by atoms with van der Waals surface area (Å²) in [5.74, 6) is 0. The van der Waals surface area contributed by atoms with Crippen LogP contribution in [0.3, 0.4) is 0 Å². The smallest absolute Gasteiger partial charge is 0.128 e. The van der Waals surface area contributed by atoms with Crippen LogP contribution >= 0.6 is 12.4 Å². The summed E-state index contributed by atoms with van der Waals surface area (Å²) in [6.07, 6.45) is 0.355. The Morgan fingerprint density at radius 3 is 2.82 bits per heavy atom. The van der Waals surface area contributed by atoms with Crippen LogP contribution in [-0.4, -0.2) is 11.3 Å². The van der Waals surface area contributed by atoms with Crippen LogP contribution in [0.5, 0.6) is 0 Å². The van der Waals surface area contributed by atoms with Crippen molar-refractivity contribution in [2.24, 2.45) is 0 Å². The number of para-hydroxylation sites is 1. The monoisotopic (exact) mass is 171 g/mol. The normalized spacial score (nSPS) is 19.9. The lowest BCUT2D eigenvalue weighted by Crippen LogP contribution is -2.12. The Bertz CT molecular complexity index is 227. The van der Waals surface area contributed by atoms with Crippen LogP contribution in [0.2, 0.25) is 0 Å². The van der Waals surface area contributed by atoms with Gasteiger partial charge in [-0.25, -0.2) is 0 Å². The quantitative estimate of drug-likeness (QED) is 0.619. The van der Waals surface area contributed by atoms with E-state index in [0.717, 1.165) is 12.1 Å². The summed E-state index contributed by atoms with van der Waals surface area (Å²) in [7, 11) is 0. The molecule has 1 aliphatic heterocycles. The first-order valence-electron chi connectivity index (χ1n) is 3.39. The molecule has 2 rings (SSSR count). The summed E-state index contributed by atoms with van der Waals surface area (Å²) in [6.45, 7) is 0. The Balaban J connectivity index is 0.000000605. The van der Waals surface area contributed by atoms with E-state index < -0.39 is 0 Å². The van der Waals surface area contributed by atoms with E-state index in [1.54, 1.807) is 0 Å². The zero-order valence-corrected chi connectivity index (χ0v) is 6.77. The lowest BCUT2D eigenvalue weighted by molar-refractivity contribution is 0.212. The Morgan fingerprint density at radius 1 is 1.36 bits per heavy atom. The van der Waals surface area contributed by atoms with Crippen LogP contribution in [-0.2, 0) is 6.42 Å². The average Bonchev–Trinajstić information content (AvgIpc) is 2.27. The number of nitrogens with one attached hydrogen (secondary N) is 1. The first kappa shape index (κ1) is 8.37. The van der Waals surface area contributed by atoms with E-state index >= 15 is 0 Å². The molecule has 1 atom stereocenters. The molecule has 1 unspecified atom stereocenters. The molecule has 60 valence electrons. The van der Waals surface area contributed by atoms with Crippen molar-refractivity contribution in [1.29, 1.82) is 0 Å². The number of hydrogen-bond acceptors (Lipinski definition) is 2. The van der Waals surface area contributed by atoms with Crippen LogP contribution in [0.4, 0.5) is 5.69 Å². The summed E-state index contributed by atoms with van der Waals surface area (Å²) in [6, 6.07) is 7.95. The molecule has 0 bridgehead atoms. The number of aliphatic hydroxyl groups excluding tert-OH is 1. The number of anilines is 1. The van der Waals surface area contributed by atoms with Crippen molar-refractivity contribution >= 4 is 18.1 Å². The van der Waals surface area contributed by atoms with Gasteiger partial charge in [-0.2, -0.15) is 0 Å². The minimum atomic E-state index is -0.377. The molecule has 1 aromatic rings. The molecule has 0 radical (unpaired) electrons. The van der Waals surface area contributed by atoms with E-state index in [1.807, 2.05) is 24.3 Å². The molecule has 0 amide bonds. The lowest BCUT2D eigenvalue weighted by atomic mass is 10.2. The lowest BCUT2D eigenvalue weighted by Gasteiger charge is -1.99. The maximum absolute atomic E-state index is 9.14. The molecule has 0 spiro atoms. The molecule has 0 saturated carbocycles. The van der Waals surface area contributed by atoms with Crippen molar-refractivity contribution in [2.45, 2.75) is 12.6 Å². The summed E-state index contributed by atoms with van der Waals surface area (Å²) in [5.41, 5.74) is 2.27. The van der Waals surface area contributed by atoms with Crippen LogP contribution in [0.25, 0.3) is 0 Å². The summed E-state index contributed by atoms with van der Waals surface area (Å²) in [5, 5.41) is 12.1. The molecule has 0 aliphatic carbocycles. The first-order valence-corrected chi connectivity index (χ1v) is 3.39. The molecule has 3 heteroatoms. The van der Waals surface area contributed by atoms with Crippen LogP contribution in [0, 0.1) is 0 Å². The first-order chi connectivity index (χ1) is 4.86. The van der Waals surface area contributed by atoms with E-state index in [-0.39, 0.29) is 18.6 Å². The van der Waals surface area contributed by atoms with E-state index in [1.165, 1.54) is 5.56 Å². The van der Waals surface area contributed by atoms with Gasteiger partial charge in [0, 0.05) is 12.1 Å². The Kier molecular flexibility index (Phi) is 2.37. The van der Waals surface area contributed by atoms with Gasteiger partial charge < -0.3 is 10.4 Å². The Hall–Kier alpha value is -0.730. The molecule has 1 heterocycles.